The molecule has 1 fully saturated rings. The topological polar surface area (TPSA) is 73.3 Å². The van der Waals surface area contributed by atoms with Crippen molar-refractivity contribution in [3.05, 3.63) is 40.5 Å². The van der Waals surface area contributed by atoms with Gasteiger partial charge >= 0.3 is 5.76 Å². The Morgan fingerprint density at radius 3 is 2.95 bits per heavy atom. The largest absolute Gasteiger partial charge is 0.437 e. The minimum atomic E-state index is -0.588. The minimum Gasteiger partial charge on any atom is -0.393 e. The SMILES string of the molecule is Cc1nn(CC(=O)N2CCCC2c2cccn2C)c(=O)o1. The molecule has 7 nitrogen and oxygen atoms in total. The standard InChI is InChI=1S/C14H18N4O3/c1-10-15-18(14(20)21-10)9-13(19)17-8-4-6-12(17)11-5-3-7-16(11)2/h3,5,7,12H,4,6,8-9H2,1-2H3. The van der Waals surface area contributed by atoms with Crippen LogP contribution in [0.25, 0.3) is 0 Å². The number of carbonyl (C=O) groups is 1. The van der Waals surface area contributed by atoms with E-state index in [9.17, 15) is 9.59 Å². The first-order valence-corrected chi connectivity index (χ1v) is 7.01. The molecule has 0 radical (unpaired) electrons. The third-order valence-electron chi connectivity index (χ3n) is 3.89. The lowest BCUT2D eigenvalue weighted by molar-refractivity contribution is -0.133. The summed E-state index contributed by atoms with van der Waals surface area (Å²) in [6.07, 6.45) is 3.88. The van der Waals surface area contributed by atoms with Crippen LogP contribution in [0, 0.1) is 6.92 Å². The van der Waals surface area contributed by atoms with Crippen LogP contribution in [-0.2, 0) is 18.4 Å². The lowest BCUT2D eigenvalue weighted by Crippen LogP contribution is -2.36. The number of amides is 1. The summed E-state index contributed by atoms with van der Waals surface area (Å²) in [4.78, 5) is 25.8. The molecule has 112 valence electrons. The fourth-order valence-electron chi connectivity index (χ4n) is 2.92. The van der Waals surface area contributed by atoms with Crippen molar-refractivity contribution in [2.75, 3.05) is 6.54 Å². The van der Waals surface area contributed by atoms with E-state index < -0.39 is 5.76 Å². The highest BCUT2D eigenvalue weighted by Crippen LogP contribution is 2.31. The molecule has 2 aromatic rings. The lowest BCUT2D eigenvalue weighted by atomic mass is 10.1. The van der Waals surface area contributed by atoms with Gasteiger partial charge in [-0.3, -0.25) is 4.79 Å². The van der Waals surface area contributed by atoms with Gasteiger partial charge in [0, 0.05) is 32.4 Å². The van der Waals surface area contributed by atoms with Crippen LogP contribution in [-0.4, -0.2) is 31.7 Å². The van der Waals surface area contributed by atoms with Crippen LogP contribution < -0.4 is 5.76 Å². The van der Waals surface area contributed by atoms with Crippen molar-refractivity contribution in [3.8, 4) is 0 Å². The van der Waals surface area contributed by atoms with Crippen molar-refractivity contribution < 1.29 is 9.21 Å². The molecular formula is C14H18N4O3. The second-order valence-electron chi connectivity index (χ2n) is 5.33. The molecule has 1 unspecified atom stereocenters. The third kappa shape index (κ3) is 2.51. The maximum Gasteiger partial charge on any atom is 0.437 e. The molecule has 1 amide bonds. The van der Waals surface area contributed by atoms with Gasteiger partial charge in [0.05, 0.1) is 6.04 Å². The van der Waals surface area contributed by atoms with E-state index in [-0.39, 0.29) is 24.4 Å². The summed E-state index contributed by atoms with van der Waals surface area (Å²) in [5.41, 5.74) is 1.12. The van der Waals surface area contributed by atoms with Crippen molar-refractivity contribution >= 4 is 5.91 Å². The number of aromatic nitrogens is 3. The first kappa shape index (κ1) is 13.7. The molecule has 1 saturated heterocycles. The smallest absolute Gasteiger partial charge is 0.393 e. The van der Waals surface area contributed by atoms with Crippen molar-refractivity contribution in [3.63, 3.8) is 0 Å². The number of hydrogen-bond acceptors (Lipinski definition) is 4. The summed E-state index contributed by atoms with van der Waals surface area (Å²) < 4.78 is 7.93. The van der Waals surface area contributed by atoms with Gasteiger partial charge in [-0.1, -0.05) is 0 Å². The lowest BCUT2D eigenvalue weighted by Gasteiger charge is -2.25. The van der Waals surface area contributed by atoms with Gasteiger partial charge < -0.3 is 13.9 Å². The van der Waals surface area contributed by atoms with Gasteiger partial charge in [-0.2, -0.15) is 4.68 Å². The van der Waals surface area contributed by atoms with Crippen LogP contribution in [0.5, 0.6) is 0 Å². The maximum atomic E-state index is 12.5. The predicted molar refractivity (Wildman–Crippen MR) is 74.6 cm³/mol. The van der Waals surface area contributed by atoms with E-state index in [2.05, 4.69) is 5.10 Å². The van der Waals surface area contributed by atoms with E-state index in [0.29, 0.717) is 6.54 Å². The second kappa shape index (κ2) is 5.23. The average molecular weight is 290 g/mol. The highest BCUT2D eigenvalue weighted by Gasteiger charge is 2.31. The Morgan fingerprint density at radius 1 is 1.52 bits per heavy atom. The summed E-state index contributed by atoms with van der Waals surface area (Å²) in [5.74, 6) is -0.419. The first-order valence-electron chi connectivity index (χ1n) is 7.01. The van der Waals surface area contributed by atoms with E-state index in [0.717, 1.165) is 23.2 Å². The van der Waals surface area contributed by atoms with Gasteiger partial charge in [-0.15, -0.1) is 5.10 Å². The van der Waals surface area contributed by atoms with Gasteiger partial charge in [0.15, 0.2) is 0 Å². The molecule has 3 rings (SSSR count). The number of rotatable bonds is 3. The Morgan fingerprint density at radius 2 is 2.33 bits per heavy atom. The van der Waals surface area contributed by atoms with Gasteiger partial charge in [0.25, 0.3) is 0 Å². The maximum absolute atomic E-state index is 12.5. The van der Waals surface area contributed by atoms with Crippen LogP contribution in [0.15, 0.2) is 27.5 Å². The van der Waals surface area contributed by atoms with Crippen molar-refractivity contribution in [2.45, 2.75) is 32.4 Å². The Kier molecular flexibility index (Phi) is 3.40. The molecule has 21 heavy (non-hydrogen) atoms. The fourth-order valence-corrected chi connectivity index (χ4v) is 2.92. The molecule has 0 aliphatic carbocycles. The highest BCUT2D eigenvalue weighted by molar-refractivity contribution is 5.76. The summed E-state index contributed by atoms with van der Waals surface area (Å²) in [5, 5.41) is 3.91. The summed E-state index contributed by atoms with van der Waals surface area (Å²) >= 11 is 0. The monoisotopic (exact) mass is 290 g/mol. The number of carbonyl (C=O) groups excluding carboxylic acids is 1. The zero-order valence-corrected chi connectivity index (χ0v) is 12.2. The molecule has 1 aliphatic heterocycles. The minimum absolute atomic E-state index is 0.0706. The Balaban J connectivity index is 1.79. The molecule has 0 N–H and O–H groups in total. The van der Waals surface area contributed by atoms with Crippen LogP contribution in [0.1, 0.15) is 30.5 Å². The number of aryl methyl sites for hydroxylation is 2. The number of hydrogen-bond donors (Lipinski definition) is 0. The molecule has 2 aromatic heterocycles. The molecule has 3 heterocycles. The molecule has 1 aliphatic rings. The van der Waals surface area contributed by atoms with Crippen LogP contribution in [0.2, 0.25) is 0 Å². The Hall–Kier alpha value is -2.31. The normalized spacial score (nSPS) is 18.4. The van der Waals surface area contributed by atoms with Gasteiger partial charge in [-0.05, 0) is 25.0 Å². The second-order valence-corrected chi connectivity index (χ2v) is 5.33. The van der Waals surface area contributed by atoms with E-state index >= 15 is 0 Å². The molecule has 0 bridgehead atoms. The fraction of sp³-hybridized carbons (Fsp3) is 0.500. The number of nitrogens with zero attached hydrogens (tertiary/aromatic N) is 4. The molecular weight excluding hydrogens is 272 g/mol. The van der Waals surface area contributed by atoms with Gasteiger partial charge in [0.2, 0.25) is 11.8 Å². The van der Waals surface area contributed by atoms with Crippen LogP contribution in [0.4, 0.5) is 0 Å². The van der Waals surface area contributed by atoms with Crippen molar-refractivity contribution in [2.24, 2.45) is 7.05 Å². The summed E-state index contributed by atoms with van der Waals surface area (Å²) in [7, 11) is 1.97. The van der Waals surface area contributed by atoms with Crippen molar-refractivity contribution in [1.82, 2.24) is 19.2 Å². The highest BCUT2D eigenvalue weighted by atomic mass is 16.4. The molecule has 7 heteroatoms. The molecule has 0 aromatic carbocycles. The zero-order chi connectivity index (χ0) is 15.0. The zero-order valence-electron chi connectivity index (χ0n) is 12.2. The van der Waals surface area contributed by atoms with Gasteiger partial charge in [0.1, 0.15) is 6.54 Å². The Labute approximate surface area is 121 Å². The quantitative estimate of drug-likeness (QED) is 0.840. The molecule has 0 spiro atoms. The van der Waals surface area contributed by atoms with Crippen LogP contribution in [0.3, 0.4) is 0 Å². The average Bonchev–Trinajstić information content (AvgIpc) is 3.10. The molecule has 1 atom stereocenters. The molecule has 0 saturated carbocycles. The summed E-state index contributed by atoms with van der Waals surface area (Å²) in [6.45, 7) is 2.22. The summed E-state index contributed by atoms with van der Waals surface area (Å²) in [6, 6.07) is 4.08. The van der Waals surface area contributed by atoms with E-state index in [4.69, 9.17) is 4.42 Å². The predicted octanol–water partition coefficient (Wildman–Crippen LogP) is 0.847. The van der Waals surface area contributed by atoms with E-state index in [1.165, 1.54) is 0 Å². The van der Waals surface area contributed by atoms with E-state index in [1.54, 1.807) is 6.92 Å². The van der Waals surface area contributed by atoms with Gasteiger partial charge in [-0.25, -0.2) is 4.79 Å². The van der Waals surface area contributed by atoms with Crippen molar-refractivity contribution in [1.29, 1.82) is 0 Å². The van der Waals surface area contributed by atoms with E-state index in [1.807, 2.05) is 34.8 Å². The third-order valence-corrected chi connectivity index (χ3v) is 3.89. The number of likely N-dealkylation sites (tertiary alicyclic amines) is 1. The van der Waals surface area contributed by atoms with Crippen LogP contribution >= 0.6 is 0 Å². The Bertz CT molecular complexity index is 712. The first-order chi connectivity index (χ1) is 10.1.